The number of nitrogens with zero attached hydrogens (tertiary/aromatic N) is 2. The first-order chi connectivity index (χ1) is 11.1. The zero-order valence-corrected chi connectivity index (χ0v) is 14.7. The minimum Gasteiger partial charge on any atom is -0.421 e. The van der Waals surface area contributed by atoms with Gasteiger partial charge in [0, 0.05) is 10.5 Å². The fourth-order valence-electron chi connectivity index (χ4n) is 2.40. The number of aromatic nitrogens is 2. The topological polar surface area (TPSA) is 38.9 Å². The van der Waals surface area contributed by atoms with Gasteiger partial charge in [-0.25, -0.2) is 0 Å². The molecule has 0 amide bonds. The van der Waals surface area contributed by atoms with Crippen LogP contribution in [0.25, 0.3) is 12.2 Å². The molecular weight excluding hydrogens is 352 g/mol. The van der Waals surface area contributed by atoms with E-state index < -0.39 is 0 Å². The van der Waals surface area contributed by atoms with Gasteiger partial charge in [0.25, 0.3) is 0 Å². The second kappa shape index (κ2) is 6.92. The smallest absolute Gasteiger partial charge is 0.240 e. The molecular formula is C19H17BrN2O. The maximum atomic E-state index is 5.69. The summed E-state index contributed by atoms with van der Waals surface area (Å²) in [5.74, 6) is 1.14. The van der Waals surface area contributed by atoms with Gasteiger partial charge in [-0.1, -0.05) is 51.8 Å². The Morgan fingerprint density at radius 1 is 1.04 bits per heavy atom. The molecule has 0 aliphatic rings. The van der Waals surface area contributed by atoms with Gasteiger partial charge in [0.2, 0.25) is 11.8 Å². The zero-order chi connectivity index (χ0) is 16.2. The molecule has 0 bridgehead atoms. The van der Waals surface area contributed by atoms with Crippen molar-refractivity contribution in [2.24, 2.45) is 0 Å². The Hall–Kier alpha value is -2.20. The van der Waals surface area contributed by atoms with Crippen LogP contribution >= 0.6 is 15.9 Å². The van der Waals surface area contributed by atoms with Crippen LogP contribution in [0, 0.1) is 13.8 Å². The highest BCUT2D eigenvalue weighted by molar-refractivity contribution is 9.10. The monoisotopic (exact) mass is 368 g/mol. The lowest BCUT2D eigenvalue weighted by Gasteiger charge is -2.00. The molecule has 0 fully saturated rings. The van der Waals surface area contributed by atoms with Gasteiger partial charge in [-0.15, -0.1) is 10.2 Å². The quantitative estimate of drug-likeness (QED) is 0.634. The molecule has 0 N–H and O–H groups in total. The zero-order valence-electron chi connectivity index (χ0n) is 13.1. The summed E-state index contributed by atoms with van der Waals surface area (Å²) in [6.07, 6.45) is 4.49. The van der Waals surface area contributed by atoms with Crippen LogP contribution < -0.4 is 0 Å². The van der Waals surface area contributed by atoms with E-state index in [9.17, 15) is 0 Å². The molecule has 0 saturated carbocycles. The lowest BCUT2D eigenvalue weighted by Crippen LogP contribution is -1.87. The molecule has 1 aromatic heterocycles. The highest BCUT2D eigenvalue weighted by Crippen LogP contribution is 2.17. The highest BCUT2D eigenvalue weighted by atomic mass is 79.9. The van der Waals surface area contributed by atoms with Crippen molar-refractivity contribution in [3.63, 3.8) is 0 Å². The number of aryl methyl sites for hydroxylation is 2. The number of halogens is 1. The summed E-state index contributed by atoms with van der Waals surface area (Å²) in [6.45, 7) is 4.19. The van der Waals surface area contributed by atoms with Crippen molar-refractivity contribution >= 4 is 28.1 Å². The third kappa shape index (κ3) is 4.17. The van der Waals surface area contributed by atoms with E-state index in [1.807, 2.05) is 30.4 Å². The molecule has 0 saturated heterocycles. The van der Waals surface area contributed by atoms with E-state index in [0.717, 1.165) is 15.6 Å². The predicted octanol–water partition coefficient (Wildman–Crippen LogP) is 5.21. The molecule has 3 aromatic rings. The SMILES string of the molecule is Cc1ccc(C=Cc2nnc(Cc3cccc(Br)c3)o2)c(C)c1. The van der Waals surface area contributed by atoms with Crippen LogP contribution in [-0.4, -0.2) is 10.2 Å². The second-order valence-electron chi connectivity index (χ2n) is 5.53. The fourth-order valence-corrected chi connectivity index (χ4v) is 2.85. The van der Waals surface area contributed by atoms with Gasteiger partial charge in [-0.2, -0.15) is 0 Å². The summed E-state index contributed by atoms with van der Waals surface area (Å²) in [5, 5.41) is 8.19. The van der Waals surface area contributed by atoms with E-state index in [0.29, 0.717) is 18.2 Å². The lowest BCUT2D eigenvalue weighted by molar-refractivity contribution is 0.496. The first-order valence-electron chi connectivity index (χ1n) is 7.42. The molecule has 0 atom stereocenters. The summed E-state index contributed by atoms with van der Waals surface area (Å²) in [4.78, 5) is 0. The molecule has 3 nitrogen and oxygen atoms in total. The first kappa shape index (κ1) is 15.7. The van der Waals surface area contributed by atoms with Crippen LogP contribution in [0.2, 0.25) is 0 Å². The Morgan fingerprint density at radius 2 is 1.91 bits per heavy atom. The van der Waals surface area contributed by atoms with Crippen molar-refractivity contribution in [2.45, 2.75) is 20.3 Å². The maximum absolute atomic E-state index is 5.69. The van der Waals surface area contributed by atoms with Gasteiger partial charge >= 0.3 is 0 Å². The van der Waals surface area contributed by atoms with E-state index in [1.54, 1.807) is 0 Å². The molecule has 4 heteroatoms. The van der Waals surface area contributed by atoms with E-state index >= 15 is 0 Å². The summed E-state index contributed by atoms with van der Waals surface area (Å²) in [5.41, 5.74) is 4.78. The van der Waals surface area contributed by atoms with E-state index in [4.69, 9.17) is 4.42 Å². The third-order valence-electron chi connectivity index (χ3n) is 3.56. The molecule has 0 aliphatic heterocycles. The Balaban J connectivity index is 1.73. The minimum atomic E-state index is 0.523. The van der Waals surface area contributed by atoms with Crippen LogP contribution in [0.1, 0.15) is 34.0 Å². The van der Waals surface area contributed by atoms with Crippen LogP contribution in [0.3, 0.4) is 0 Å². The van der Waals surface area contributed by atoms with Gasteiger partial charge in [-0.05, 0) is 48.7 Å². The normalized spacial score (nSPS) is 11.3. The maximum Gasteiger partial charge on any atom is 0.240 e. The second-order valence-corrected chi connectivity index (χ2v) is 6.45. The summed E-state index contributed by atoms with van der Waals surface area (Å²) in [7, 11) is 0. The van der Waals surface area contributed by atoms with Gasteiger partial charge in [0.15, 0.2) is 0 Å². The van der Waals surface area contributed by atoms with Gasteiger partial charge in [0.05, 0.1) is 6.42 Å². The number of hydrogen-bond donors (Lipinski definition) is 0. The van der Waals surface area contributed by atoms with Crippen molar-refractivity contribution in [1.29, 1.82) is 0 Å². The van der Waals surface area contributed by atoms with Crippen molar-refractivity contribution in [3.05, 3.63) is 81.0 Å². The lowest BCUT2D eigenvalue weighted by atomic mass is 10.1. The predicted molar refractivity (Wildman–Crippen MR) is 96.1 cm³/mol. The fraction of sp³-hybridized carbons (Fsp3) is 0.158. The Labute approximate surface area is 144 Å². The molecule has 0 unspecified atom stereocenters. The average Bonchev–Trinajstić information content (AvgIpc) is 2.94. The van der Waals surface area contributed by atoms with Crippen molar-refractivity contribution in [2.75, 3.05) is 0 Å². The molecule has 1 heterocycles. The number of rotatable bonds is 4. The van der Waals surface area contributed by atoms with Crippen molar-refractivity contribution in [1.82, 2.24) is 10.2 Å². The molecule has 0 spiro atoms. The van der Waals surface area contributed by atoms with Crippen LogP contribution in [-0.2, 0) is 6.42 Å². The average molecular weight is 369 g/mol. The Bertz CT molecular complexity index is 852. The third-order valence-corrected chi connectivity index (χ3v) is 4.05. The molecule has 116 valence electrons. The van der Waals surface area contributed by atoms with E-state index in [-0.39, 0.29) is 0 Å². The Kier molecular flexibility index (Phi) is 4.72. The number of hydrogen-bond acceptors (Lipinski definition) is 3. The molecule has 23 heavy (non-hydrogen) atoms. The van der Waals surface area contributed by atoms with Gasteiger partial charge in [0.1, 0.15) is 0 Å². The van der Waals surface area contributed by atoms with Gasteiger partial charge < -0.3 is 4.42 Å². The number of benzene rings is 2. The van der Waals surface area contributed by atoms with Crippen LogP contribution in [0.4, 0.5) is 0 Å². The summed E-state index contributed by atoms with van der Waals surface area (Å²) < 4.78 is 6.73. The first-order valence-corrected chi connectivity index (χ1v) is 8.21. The molecule has 0 radical (unpaired) electrons. The molecule has 0 aliphatic carbocycles. The standard InChI is InChI=1S/C19H17BrN2O/c1-13-6-7-16(14(2)10-13)8-9-18-21-22-19(23-18)12-15-4-3-5-17(20)11-15/h3-11H,12H2,1-2H3. The van der Waals surface area contributed by atoms with Crippen LogP contribution in [0.5, 0.6) is 0 Å². The summed E-state index contributed by atoms with van der Waals surface area (Å²) in [6, 6.07) is 14.4. The highest BCUT2D eigenvalue weighted by Gasteiger charge is 2.05. The Morgan fingerprint density at radius 3 is 2.70 bits per heavy atom. The van der Waals surface area contributed by atoms with Crippen LogP contribution in [0.15, 0.2) is 51.4 Å². The molecule has 2 aromatic carbocycles. The minimum absolute atomic E-state index is 0.523. The van der Waals surface area contributed by atoms with Crippen molar-refractivity contribution in [3.8, 4) is 0 Å². The van der Waals surface area contributed by atoms with Crippen molar-refractivity contribution < 1.29 is 4.42 Å². The van der Waals surface area contributed by atoms with E-state index in [1.165, 1.54) is 11.1 Å². The molecule has 3 rings (SSSR count). The van der Waals surface area contributed by atoms with E-state index in [2.05, 4.69) is 64.2 Å². The van der Waals surface area contributed by atoms with Gasteiger partial charge in [-0.3, -0.25) is 0 Å². The largest absolute Gasteiger partial charge is 0.421 e. The summed E-state index contributed by atoms with van der Waals surface area (Å²) >= 11 is 3.47.